The van der Waals surface area contributed by atoms with Crippen molar-refractivity contribution in [1.82, 2.24) is 19.5 Å². The second-order valence-electron chi connectivity index (χ2n) is 9.09. The monoisotopic (exact) mass is 504 g/mol. The maximum atomic E-state index is 13.5. The van der Waals surface area contributed by atoms with E-state index in [1.807, 2.05) is 13.8 Å². The summed E-state index contributed by atoms with van der Waals surface area (Å²) in [5.41, 5.74) is 0.539. The molecule has 4 heterocycles. The van der Waals surface area contributed by atoms with Gasteiger partial charge in [-0.3, -0.25) is 19.4 Å². The molecule has 182 valence electrons. The number of likely N-dealkylation sites (tertiary alicyclic amines) is 1. The van der Waals surface area contributed by atoms with Crippen molar-refractivity contribution in [2.45, 2.75) is 50.6 Å². The molecule has 0 bridgehead atoms. The number of aromatic nitrogens is 1. The normalized spacial score (nSPS) is 21.6. The maximum Gasteiger partial charge on any atom is 0.261 e. The van der Waals surface area contributed by atoms with Crippen molar-refractivity contribution in [3.63, 3.8) is 0 Å². The number of rotatable bonds is 8. The van der Waals surface area contributed by atoms with Gasteiger partial charge < -0.3 is 10.2 Å². The predicted octanol–water partition coefficient (Wildman–Crippen LogP) is 1.67. The van der Waals surface area contributed by atoms with E-state index in [2.05, 4.69) is 10.3 Å². The van der Waals surface area contributed by atoms with Gasteiger partial charge in [-0.15, -0.1) is 11.3 Å². The van der Waals surface area contributed by atoms with Gasteiger partial charge in [0.25, 0.3) is 5.91 Å². The lowest BCUT2D eigenvalue weighted by atomic mass is 10.0. The molecule has 2 saturated heterocycles. The van der Waals surface area contributed by atoms with E-state index in [1.165, 1.54) is 26.7 Å². The van der Waals surface area contributed by atoms with Gasteiger partial charge in [0, 0.05) is 18.9 Å². The van der Waals surface area contributed by atoms with E-state index in [-0.39, 0.29) is 42.4 Å². The highest BCUT2D eigenvalue weighted by molar-refractivity contribution is 7.88. The smallest absolute Gasteiger partial charge is 0.261 e. The molecule has 3 unspecified atom stereocenters. The number of Topliss-reactive ketones (excluding diaryl/α,β-unsaturated/α-hetero) is 1. The van der Waals surface area contributed by atoms with Crippen LogP contribution in [0.5, 0.6) is 0 Å². The average molecular weight is 505 g/mol. The Morgan fingerprint density at radius 2 is 2.06 bits per heavy atom. The molecular formula is C23H28N4O5S2. The van der Waals surface area contributed by atoms with Crippen LogP contribution < -0.4 is 5.32 Å². The SMILES string of the molecule is CC(C)CC(NC(=O)c1cccs1)C(=O)N1CCC2C1C(=O)CN2S(=O)(=O)Cc1cccnc1. The van der Waals surface area contributed by atoms with Gasteiger partial charge in [-0.25, -0.2) is 8.42 Å². The van der Waals surface area contributed by atoms with Crippen LogP contribution in [0.2, 0.25) is 0 Å². The van der Waals surface area contributed by atoms with Gasteiger partial charge in [0.2, 0.25) is 15.9 Å². The highest BCUT2D eigenvalue weighted by Gasteiger charge is 2.54. The molecule has 0 aliphatic carbocycles. The minimum Gasteiger partial charge on any atom is -0.340 e. The van der Waals surface area contributed by atoms with Gasteiger partial charge in [0.15, 0.2) is 5.78 Å². The highest BCUT2D eigenvalue weighted by Crippen LogP contribution is 2.33. The molecule has 1 N–H and O–H groups in total. The summed E-state index contributed by atoms with van der Waals surface area (Å²) in [6, 6.07) is 4.59. The molecule has 2 aromatic rings. The van der Waals surface area contributed by atoms with Gasteiger partial charge in [0.1, 0.15) is 12.1 Å². The second-order valence-corrected chi connectivity index (χ2v) is 12.0. The molecule has 2 aromatic heterocycles. The lowest BCUT2D eigenvalue weighted by molar-refractivity contribution is -0.138. The van der Waals surface area contributed by atoms with E-state index >= 15 is 0 Å². The number of nitrogens with zero attached hydrogens (tertiary/aromatic N) is 3. The molecule has 2 amide bonds. The molecule has 9 nitrogen and oxygen atoms in total. The Bertz CT molecular complexity index is 1150. The van der Waals surface area contributed by atoms with Crippen LogP contribution >= 0.6 is 11.3 Å². The zero-order valence-electron chi connectivity index (χ0n) is 19.1. The Morgan fingerprint density at radius 1 is 1.26 bits per heavy atom. The lowest BCUT2D eigenvalue weighted by Gasteiger charge is -2.29. The van der Waals surface area contributed by atoms with Crippen LogP contribution in [-0.4, -0.2) is 71.4 Å². The fraction of sp³-hybridized carbons (Fsp3) is 0.478. The molecule has 2 aliphatic rings. The third-order valence-corrected chi connectivity index (χ3v) is 8.83. The quantitative estimate of drug-likeness (QED) is 0.585. The first-order chi connectivity index (χ1) is 16.2. The van der Waals surface area contributed by atoms with Crippen molar-refractivity contribution < 1.29 is 22.8 Å². The molecule has 4 rings (SSSR count). The summed E-state index contributed by atoms with van der Waals surface area (Å²) in [5, 5.41) is 4.62. The minimum atomic E-state index is -3.77. The lowest BCUT2D eigenvalue weighted by Crippen LogP contribution is -2.52. The third-order valence-electron chi connectivity index (χ3n) is 6.15. The van der Waals surface area contributed by atoms with Crippen molar-refractivity contribution in [3.05, 3.63) is 52.5 Å². The van der Waals surface area contributed by atoms with Crippen molar-refractivity contribution in [2.75, 3.05) is 13.1 Å². The van der Waals surface area contributed by atoms with Crippen molar-refractivity contribution in [1.29, 1.82) is 0 Å². The second kappa shape index (κ2) is 9.93. The minimum absolute atomic E-state index is 0.131. The van der Waals surface area contributed by atoms with Crippen LogP contribution in [-0.2, 0) is 25.4 Å². The number of thiophene rings is 1. The summed E-state index contributed by atoms with van der Waals surface area (Å²) in [6.07, 6.45) is 3.85. The van der Waals surface area contributed by atoms with Gasteiger partial charge in [0.05, 0.1) is 23.2 Å². The van der Waals surface area contributed by atoms with Gasteiger partial charge in [-0.2, -0.15) is 4.31 Å². The Kier molecular flexibility index (Phi) is 7.15. The summed E-state index contributed by atoms with van der Waals surface area (Å²) in [6.45, 7) is 3.93. The Morgan fingerprint density at radius 3 is 2.71 bits per heavy atom. The van der Waals surface area contributed by atoms with Crippen LogP contribution in [0, 0.1) is 5.92 Å². The zero-order valence-corrected chi connectivity index (χ0v) is 20.7. The number of carbonyl (C=O) groups excluding carboxylic acids is 3. The molecule has 0 spiro atoms. The molecule has 0 radical (unpaired) electrons. The Hall–Kier alpha value is -2.63. The summed E-state index contributed by atoms with van der Waals surface area (Å²) >= 11 is 1.29. The molecule has 2 aliphatic heterocycles. The van der Waals surface area contributed by atoms with Crippen LogP contribution in [0.3, 0.4) is 0 Å². The highest BCUT2D eigenvalue weighted by atomic mass is 32.2. The molecular weight excluding hydrogens is 476 g/mol. The molecule has 11 heteroatoms. The molecule has 0 aromatic carbocycles. The largest absolute Gasteiger partial charge is 0.340 e. The zero-order chi connectivity index (χ0) is 24.5. The summed E-state index contributed by atoms with van der Waals surface area (Å²) in [5.74, 6) is -1.09. The molecule has 2 fully saturated rings. The predicted molar refractivity (Wildman–Crippen MR) is 128 cm³/mol. The number of pyridine rings is 1. The van der Waals surface area contributed by atoms with Crippen molar-refractivity contribution in [3.8, 4) is 0 Å². The maximum absolute atomic E-state index is 13.5. The number of hydrogen-bond acceptors (Lipinski definition) is 7. The molecule has 0 saturated carbocycles. The van der Waals surface area contributed by atoms with E-state index in [0.29, 0.717) is 23.3 Å². The Balaban J connectivity index is 1.51. The topological polar surface area (TPSA) is 117 Å². The number of sulfonamides is 1. The first-order valence-electron chi connectivity index (χ1n) is 11.2. The summed E-state index contributed by atoms with van der Waals surface area (Å²) in [4.78, 5) is 45.0. The number of ketones is 1. The molecule has 3 atom stereocenters. The first kappa shape index (κ1) is 24.5. The fourth-order valence-corrected chi connectivity index (χ4v) is 7.03. The van der Waals surface area contributed by atoms with E-state index in [1.54, 1.807) is 35.8 Å². The van der Waals surface area contributed by atoms with E-state index < -0.39 is 28.1 Å². The van der Waals surface area contributed by atoms with Gasteiger partial charge in [-0.05, 0) is 41.8 Å². The standard InChI is InChI=1S/C23H28N4O5S2/c1-15(2)11-17(25-22(29)20-6-4-10-33-20)23(30)26-9-7-18-21(26)19(28)13-27(18)34(31,32)14-16-5-3-8-24-12-16/h3-6,8,10,12,15,17-18,21H,7,9,11,13-14H2,1-2H3,(H,25,29). The number of hydrogen-bond donors (Lipinski definition) is 1. The molecule has 34 heavy (non-hydrogen) atoms. The van der Waals surface area contributed by atoms with E-state index in [0.717, 1.165) is 0 Å². The fourth-order valence-electron chi connectivity index (χ4n) is 4.69. The van der Waals surface area contributed by atoms with Gasteiger partial charge in [-0.1, -0.05) is 26.0 Å². The Labute approximate surface area is 203 Å². The van der Waals surface area contributed by atoms with Crippen LogP contribution in [0.15, 0.2) is 42.0 Å². The van der Waals surface area contributed by atoms with Crippen LogP contribution in [0.1, 0.15) is 41.9 Å². The van der Waals surface area contributed by atoms with E-state index in [4.69, 9.17) is 0 Å². The number of fused-ring (bicyclic) bond motifs is 1. The number of nitrogens with one attached hydrogen (secondary N) is 1. The third kappa shape index (κ3) is 5.06. The van der Waals surface area contributed by atoms with Crippen LogP contribution in [0.4, 0.5) is 0 Å². The van der Waals surface area contributed by atoms with E-state index in [9.17, 15) is 22.8 Å². The number of amides is 2. The van der Waals surface area contributed by atoms with Crippen LogP contribution in [0.25, 0.3) is 0 Å². The van der Waals surface area contributed by atoms with Crippen molar-refractivity contribution >= 4 is 39.0 Å². The summed E-state index contributed by atoms with van der Waals surface area (Å²) in [7, 11) is -3.77. The van der Waals surface area contributed by atoms with Gasteiger partial charge >= 0.3 is 0 Å². The van der Waals surface area contributed by atoms with Crippen molar-refractivity contribution in [2.24, 2.45) is 5.92 Å². The average Bonchev–Trinajstić information content (AvgIpc) is 3.52. The first-order valence-corrected chi connectivity index (χ1v) is 13.7. The number of carbonyl (C=O) groups is 3. The summed E-state index contributed by atoms with van der Waals surface area (Å²) < 4.78 is 27.5.